The van der Waals surface area contributed by atoms with Crippen LogP contribution in [0.4, 0.5) is 4.39 Å². The molecule has 1 unspecified atom stereocenters. The molecule has 0 amide bonds. The fourth-order valence-electron chi connectivity index (χ4n) is 3.25. The molecule has 0 N–H and O–H groups in total. The van der Waals surface area contributed by atoms with Gasteiger partial charge in [-0.25, -0.2) is 4.39 Å². The number of hydrogen-bond acceptors (Lipinski definition) is 0. The third-order valence-corrected chi connectivity index (χ3v) is 4.49. The molecule has 3 rings (SSSR count). The summed E-state index contributed by atoms with van der Waals surface area (Å²) >= 11 is 0. The molecule has 1 heteroatoms. The minimum atomic E-state index is -0.179. The highest BCUT2D eigenvalue weighted by atomic mass is 19.1. The van der Waals surface area contributed by atoms with Crippen molar-refractivity contribution in [3.8, 4) is 11.1 Å². The molecule has 21 heavy (non-hydrogen) atoms. The van der Waals surface area contributed by atoms with Crippen LogP contribution in [0.2, 0.25) is 0 Å². The van der Waals surface area contributed by atoms with Gasteiger partial charge in [-0.1, -0.05) is 36.4 Å². The van der Waals surface area contributed by atoms with Crippen molar-refractivity contribution in [2.24, 2.45) is 5.92 Å². The Balaban J connectivity index is 1.80. The maximum atomic E-state index is 13.0. The third kappa shape index (κ3) is 3.24. The van der Waals surface area contributed by atoms with E-state index in [0.717, 1.165) is 24.3 Å². The lowest BCUT2D eigenvalue weighted by molar-refractivity contribution is 0.431. The number of benzene rings is 2. The molecule has 0 aromatic heterocycles. The van der Waals surface area contributed by atoms with Gasteiger partial charge in [-0.15, -0.1) is 6.58 Å². The molecule has 0 nitrogen and oxygen atoms in total. The van der Waals surface area contributed by atoms with Gasteiger partial charge < -0.3 is 0 Å². The molecular weight excluding hydrogens is 259 g/mol. The Morgan fingerprint density at radius 2 is 1.81 bits per heavy atom. The summed E-state index contributed by atoms with van der Waals surface area (Å²) in [5, 5.41) is 0. The zero-order valence-corrected chi connectivity index (χ0v) is 12.3. The highest BCUT2D eigenvalue weighted by Gasteiger charge is 2.18. The topological polar surface area (TPSA) is 0 Å². The maximum Gasteiger partial charge on any atom is 0.123 e. The van der Waals surface area contributed by atoms with E-state index in [4.69, 9.17) is 0 Å². The van der Waals surface area contributed by atoms with E-state index in [1.807, 2.05) is 18.2 Å². The summed E-state index contributed by atoms with van der Waals surface area (Å²) < 4.78 is 13.0. The Morgan fingerprint density at radius 1 is 1.05 bits per heavy atom. The van der Waals surface area contributed by atoms with Gasteiger partial charge in [-0.05, 0) is 72.4 Å². The van der Waals surface area contributed by atoms with E-state index in [9.17, 15) is 4.39 Å². The van der Waals surface area contributed by atoms with Crippen molar-refractivity contribution in [3.63, 3.8) is 0 Å². The van der Waals surface area contributed by atoms with Crippen molar-refractivity contribution < 1.29 is 4.39 Å². The molecule has 2 aromatic carbocycles. The lowest BCUT2D eigenvalue weighted by atomic mass is 9.80. The van der Waals surface area contributed by atoms with E-state index in [1.165, 1.54) is 48.1 Å². The van der Waals surface area contributed by atoms with Crippen LogP contribution in [0.5, 0.6) is 0 Å². The van der Waals surface area contributed by atoms with Gasteiger partial charge in [0.1, 0.15) is 5.82 Å². The molecule has 2 aromatic rings. The van der Waals surface area contributed by atoms with Gasteiger partial charge in [-0.2, -0.15) is 0 Å². The standard InChI is InChI=1S/C20H21F/c1-2-3-4-15-5-6-19-14-18(8-7-17(19)13-15)16-9-11-20(21)12-10-16/h2,7-12,14-15H,1,3-6,13H2. The van der Waals surface area contributed by atoms with Gasteiger partial charge in [0.2, 0.25) is 0 Å². The SMILES string of the molecule is C=CCCC1CCc2cc(-c3ccc(F)cc3)ccc2C1. The molecule has 0 aliphatic heterocycles. The van der Waals surface area contributed by atoms with Crippen LogP contribution in [0, 0.1) is 11.7 Å². The lowest BCUT2D eigenvalue weighted by Crippen LogP contribution is -2.14. The predicted molar refractivity (Wildman–Crippen MR) is 86.8 cm³/mol. The molecule has 0 radical (unpaired) electrons. The van der Waals surface area contributed by atoms with Crippen LogP contribution >= 0.6 is 0 Å². The molecule has 0 saturated heterocycles. The molecule has 1 atom stereocenters. The van der Waals surface area contributed by atoms with Crippen molar-refractivity contribution in [1.82, 2.24) is 0 Å². The smallest absolute Gasteiger partial charge is 0.123 e. The zero-order chi connectivity index (χ0) is 14.7. The van der Waals surface area contributed by atoms with E-state index in [-0.39, 0.29) is 5.82 Å². The summed E-state index contributed by atoms with van der Waals surface area (Å²) in [5.74, 6) is 0.619. The number of aryl methyl sites for hydroxylation is 1. The largest absolute Gasteiger partial charge is 0.207 e. The first-order valence-electron chi connectivity index (χ1n) is 7.75. The van der Waals surface area contributed by atoms with Crippen LogP contribution in [-0.4, -0.2) is 0 Å². The predicted octanol–water partition coefficient (Wildman–Crippen LogP) is 5.56. The van der Waals surface area contributed by atoms with E-state index in [2.05, 4.69) is 24.8 Å². The van der Waals surface area contributed by atoms with Gasteiger partial charge in [-0.3, -0.25) is 0 Å². The van der Waals surface area contributed by atoms with E-state index < -0.39 is 0 Å². The first-order valence-corrected chi connectivity index (χ1v) is 7.75. The molecule has 0 heterocycles. The Kier molecular flexibility index (Phi) is 4.19. The van der Waals surface area contributed by atoms with Crippen molar-refractivity contribution in [3.05, 3.63) is 72.1 Å². The normalized spacial score (nSPS) is 17.3. The Bertz CT molecular complexity index is 625. The summed E-state index contributed by atoms with van der Waals surface area (Å²) in [7, 11) is 0. The second-order valence-corrected chi connectivity index (χ2v) is 5.97. The van der Waals surface area contributed by atoms with E-state index >= 15 is 0 Å². The Hall–Kier alpha value is -1.89. The maximum absolute atomic E-state index is 13.0. The molecule has 1 aliphatic carbocycles. The van der Waals surface area contributed by atoms with Crippen LogP contribution in [0.25, 0.3) is 11.1 Å². The molecule has 0 fully saturated rings. The third-order valence-electron chi connectivity index (χ3n) is 4.49. The molecule has 108 valence electrons. The number of halogens is 1. The van der Waals surface area contributed by atoms with Gasteiger partial charge in [0, 0.05) is 0 Å². The number of hydrogen-bond donors (Lipinski definition) is 0. The second-order valence-electron chi connectivity index (χ2n) is 5.97. The van der Waals surface area contributed by atoms with Crippen LogP contribution in [0.1, 0.15) is 30.4 Å². The quantitative estimate of drug-likeness (QED) is 0.643. The van der Waals surface area contributed by atoms with Gasteiger partial charge in [0.05, 0.1) is 0 Å². The van der Waals surface area contributed by atoms with E-state index in [0.29, 0.717) is 0 Å². The second kappa shape index (κ2) is 6.26. The first kappa shape index (κ1) is 14.1. The molecule has 0 bridgehead atoms. The van der Waals surface area contributed by atoms with Crippen molar-refractivity contribution in [2.45, 2.75) is 32.1 Å². The van der Waals surface area contributed by atoms with Crippen LogP contribution in [0.3, 0.4) is 0 Å². The van der Waals surface area contributed by atoms with Crippen molar-refractivity contribution >= 4 is 0 Å². The summed E-state index contributed by atoms with van der Waals surface area (Å²) in [5.41, 5.74) is 5.24. The number of allylic oxidation sites excluding steroid dienone is 1. The highest BCUT2D eigenvalue weighted by molar-refractivity contribution is 5.65. The minimum absolute atomic E-state index is 0.179. The van der Waals surface area contributed by atoms with Gasteiger partial charge >= 0.3 is 0 Å². The summed E-state index contributed by atoms with van der Waals surface area (Å²) in [6.07, 6.45) is 8.01. The average Bonchev–Trinajstić information content (AvgIpc) is 2.53. The van der Waals surface area contributed by atoms with Crippen LogP contribution in [-0.2, 0) is 12.8 Å². The van der Waals surface area contributed by atoms with Crippen molar-refractivity contribution in [1.29, 1.82) is 0 Å². The first-order chi connectivity index (χ1) is 10.3. The van der Waals surface area contributed by atoms with Gasteiger partial charge in [0.15, 0.2) is 0 Å². The molecular formula is C20H21F. The van der Waals surface area contributed by atoms with Crippen LogP contribution < -0.4 is 0 Å². The van der Waals surface area contributed by atoms with E-state index in [1.54, 1.807) is 0 Å². The van der Waals surface area contributed by atoms with Gasteiger partial charge in [0.25, 0.3) is 0 Å². The summed E-state index contributed by atoms with van der Waals surface area (Å²) in [6.45, 7) is 3.81. The molecule has 1 aliphatic rings. The number of fused-ring (bicyclic) bond motifs is 1. The van der Waals surface area contributed by atoms with Crippen LogP contribution in [0.15, 0.2) is 55.1 Å². The average molecular weight is 280 g/mol. The fourth-order valence-corrected chi connectivity index (χ4v) is 3.25. The summed E-state index contributed by atoms with van der Waals surface area (Å²) in [4.78, 5) is 0. The Labute approximate surface area is 126 Å². The Morgan fingerprint density at radius 3 is 2.57 bits per heavy atom. The monoisotopic (exact) mass is 280 g/mol. The lowest BCUT2D eigenvalue weighted by Gasteiger charge is -2.25. The highest BCUT2D eigenvalue weighted by Crippen LogP contribution is 2.31. The molecule has 0 spiro atoms. The fraction of sp³-hybridized carbons (Fsp3) is 0.300. The summed E-state index contributed by atoms with van der Waals surface area (Å²) in [6, 6.07) is 13.5. The minimum Gasteiger partial charge on any atom is -0.207 e. The molecule has 0 saturated carbocycles. The van der Waals surface area contributed by atoms with Crippen molar-refractivity contribution in [2.75, 3.05) is 0 Å². The number of rotatable bonds is 4. The zero-order valence-electron chi connectivity index (χ0n) is 12.3.